The van der Waals surface area contributed by atoms with E-state index in [-0.39, 0.29) is 5.91 Å². The van der Waals surface area contributed by atoms with Crippen molar-refractivity contribution in [2.24, 2.45) is 0 Å². The number of benzene rings is 2. The number of hydrogen-bond donors (Lipinski definition) is 3. The van der Waals surface area contributed by atoms with E-state index < -0.39 is 11.8 Å². The first-order chi connectivity index (χ1) is 15.0. The normalized spacial score (nSPS) is 13.4. The zero-order chi connectivity index (χ0) is 22.1. The average Bonchev–Trinajstić information content (AvgIpc) is 2.77. The van der Waals surface area contributed by atoms with Crippen molar-refractivity contribution in [3.8, 4) is 0 Å². The van der Waals surface area contributed by atoms with Crippen LogP contribution in [-0.2, 0) is 20.8 Å². The first-order valence-electron chi connectivity index (χ1n) is 10.8. The van der Waals surface area contributed by atoms with E-state index in [0.29, 0.717) is 17.9 Å². The van der Waals surface area contributed by atoms with Crippen LogP contribution in [0.15, 0.2) is 48.5 Å². The van der Waals surface area contributed by atoms with Crippen molar-refractivity contribution in [1.29, 1.82) is 0 Å². The van der Waals surface area contributed by atoms with Crippen LogP contribution < -0.4 is 20.9 Å². The first-order valence-corrected chi connectivity index (χ1v) is 10.8. The second-order valence-electron chi connectivity index (χ2n) is 7.79. The number of aryl methyl sites for hydroxylation is 1. The molecule has 0 spiro atoms. The largest absolute Gasteiger partial charge is 0.372 e. The second-order valence-corrected chi connectivity index (χ2v) is 7.79. The maximum atomic E-state index is 12.1. The zero-order valence-electron chi connectivity index (χ0n) is 17.9. The molecule has 1 heterocycles. The molecule has 7 heteroatoms. The van der Waals surface area contributed by atoms with E-state index >= 15 is 0 Å². The number of carbonyl (C=O) groups excluding carboxylic acids is 3. The molecule has 1 fully saturated rings. The average molecular weight is 423 g/mol. The maximum absolute atomic E-state index is 12.1. The third kappa shape index (κ3) is 7.13. The minimum absolute atomic E-state index is 0.206. The summed E-state index contributed by atoms with van der Waals surface area (Å²) in [7, 11) is 0. The Bertz CT molecular complexity index is 905. The van der Waals surface area contributed by atoms with Crippen molar-refractivity contribution in [2.45, 2.75) is 39.0 Å². The number of nitrogens with zero attached hydrogens (tertiary/aromatic N) is 1. The summed E-state index contributed by atoms with van der Waals surface area (Å²) in [5.41, 5.74) is 3.49. The van der Waals surface area contributed by atoms with E-state index in [4.69, 9.17) is 0 Å². The SMILES string of the molecule is CC(=O)Nc1cccc(NC(=O)C(=O)NCCCc2ccc(N3CCCCC3)cc2)c1. The molecule has 2 aromatic rings. The van der Waals surface area contributed by atoms with Gasteiger partial charge in [-0.2, -0.15) is 0 Å². The number of hydrogen-bond acceptors (Lipinski definition) is 4. The van der Waals surface area contributed by atoms with Crippen molar-refractivity contribution in [1.82, 2.24) is 5.32 Å². The molecule has 3 rings (SSSR count). The fourth-order valence-electron chi connectivity index (χ4n) is 3.67. The minimum Gasteiger partial charge on any atom is -0.372 e. The van der Waals surface area contributed by atoms with Crippen molar-refractivity contribution in [3.63, 3.8) is 0 Å². The van der Waals surface area contributed by atoms with E-state index in [1.165, 1.54) is 37.4 Å². The van der Waals surface area contributed by atoms with Gasteiger partial charge in [-0.25, -0.2) is 0 Å². The van der Waals surface area contributed by atoms with Crippen LogP contribution in [-0.4, -0.2) is 37.4 Å². The van der Waals surface area contributed by atoms with Crippen LogP contribution in [0.1, 0.15) is 38.2 Å². The highest BCUT2D eigenvalue weighted by molar-refractivity contribution is 6.39. The molecule has 0 aromatic heterocycles. The van der Waals surface area contributed by atoms with Gasteiger partial charge in [-0.3, -0.25) is 14.4 Å². The van der Waals surface area contributed by atoms with E-state index in [1.54, 1.807) is 24.3 Å². The molecule has 0 radical (unpaired) electrons. The molecule has 0 aliphatic carbocycles. The van der Waals surface area contributed by atoms with Gasteiger partial charge in [0.05, 0.1) is 0 Å². The second kappa shape index (κ2) is 11.2. The Kier molecular flexibility index (Phi) is 8.04. The quantitative estimate of drug-likeness (QED) is 0.472. The molecule has 0 unspecified atom stereocenters. The van der Waals surface area contributed by atoms with Crippen molar-refractivity contribution >= 4 is 34.8 Å². The van der Waals surface area contributed by atoms with Crippen molar-refractivity contribution < 1.29 is 14.4 Å². The van der Waals surface area contributed by atoms with E-state index in [1.807, 2.05) is 0 Å². The lowest BCUT2D eigenvalue weighted by Crippen LogP contribution is -2.36. The Morgan fingerprint density at radius 2 is 1.55 bits per heavy atom. The summed E-state index contributed by atoms with van der Waals surface area (Å²) < 4.78 is 0. The predicted octanol–water partition coefficient (Wildman–Crippen LogP) is 3.32. The topological polar surface area (TPSA) is 90.5 Å². The van der Waals surface area contributed by atoms with E-state index in [9.17, 15) is 14.4 Å². The first kappa shape index (κ1) is 22.3. The Hall–Kier alpha value is -3.35. The van der Waals surface area contributed by atoms with Gasteiger partial charge in [0, 0.05) is 43.6 Å². The van der Waals surface area contributed by atoms with Gasteiger partial charge in [0.2, 0.25) is 5.91 Å². The van der Waals surface area contributed by atoms with Crippen LogP contribution in [0.25, 0.3) is 0 Å². The van der Waals surface area contributed by atoms with Crippen LogP contribution in [0.4, 0.5) is 17.1 Å². The summed E-state index contributed by atoms with van der Waals surface area (Å²) in [5, 5.41) is 7.83. The Morgan fingerprint density at radius 1 is 0.871 bits per heavy atom. The molecule has 0 atom stereocenters. The lowest BCUT2D eigenvalue weighted by molar-refractivity contribution is -0.136. The number of piperidine rings is 1. The van der Waals surface area contributed by atoms with Crippen LogP contribution in [0.2, 0.25) is 0 Å². The van der Waals surface area contributed by atoms with Crippen LogP contribution in [0, 0.1) is 0 Å². The number of amides is 3. The molecule has 164 valence electrons. The lowest BCUT2D eigenvalue weighted by atomic mass is 10.1. The highest BCUT2D eigenvalue weighted by atomic mass is 16.2. The number of anilines is 3. The number of nitrogens with one attached hydrogen (secondary N) is 3. The van der Waals surface area contributed by atoms with Crippen molar-refractivity contribution in [2.75, 3.05) is 35.2 Å². The highest BCUT2D eigenvalue weighted by Gasteiger charge is 2.14. The third-order valence-corrected chi connectivity index (χ3v) is 5.23. The molecule has 0 saturated carbocycles. The Balaban J connectivity index is 1.38. The summed E-state index contributed by atoms with van der Waals surface area (Å²) in [6.45, 7) is 4.09. The Labute approximate surface area is 183 Å². The van der Waals surface area contributed by atoms with E-state index in [2.05, 4.69) is 45.1 Å². The minimum atomic E-state index is -0.731. The zero-order valence-corrected chi connectivity index (χ0v) is 17.9. The van der Waals surface area contributed by atoms with Gasteiger partial charge in [0.15, 0.2) is 0 Å². The standard InChI is InChI=1S/C24H30N4O3/c1-18(29)26-20-8-5-9-21(17-20)27-24(31)23(30)25-14-6-7-19-10-12-22(13-11-19)28-15-3-2-4-16-28/h5,8-13,17H,2-4,6-7,14-16H2,1H3,(H,25,30)(H,26,29)(H,27,31). The molecule has 0 bridgehead atoms. The molecule has 3 N–H and O–H groups in total. The third-order valence-electron chi connectivity index (χ3n) is 5.23. The highest BCUT2D eigenvalue weighted by Crippen LogP contribution is 2.20. The molecule has 2 aromatic carbocycles. The fourth-order valence-corrected chi connectivity index (χ4v) is 3.67. The van der Waals surface area contributed by atoms with Gasteiger partial charge >= 0.3 is 11.8 Å². The number of rotatable bonds is 7. The summed E-state index contributed by atoms with van der Waals surface area (Å²) in [4.78, 5) is 37.7. The van der Waals surface area contributed by atoms with Gasteiger partial charge in [-0.15, -0.1) is 0 Å². The lowest BCUT2D eigenvalue weighted by Gasteiger charge is -2.28. The van der Waals surface area contributed by atoms with Crippen LogP contribution in [0.5, 0.6) is 0 Å². The van der Waals surface area contributed by atoms with Gasteiger partial charge in [0.25, 0.3) is 0 Å². The predicted molar refractivity (Wildman–Crippen MR) is 123 cm³/mol. The monoisotopic (exact) mass is 422 g/mol. The van der Waals surface area contributed by atoms with Gasteiger partial charge < -0.3 is 20.9 Å². The molecular weight excluding hydrogens is 392 g/mol. The molecular formula is C24H30N4O3. The molecule has 1 aliphatic heterocycles. The molecule has 3 amide bonds. The van der Waals surface area contributed by atoms with Crippen LogP contribution >= 0.6 is 0 Å². The van der Waals surface area contributed by atoms with Gasteiger partial charge in [0.1, 0.15) is 0 Å². The van der Waals surface area contributed by atoms with Gasteiger partial charge in [-0.05, 0) is 68.0 Å². The smallest absolute Gasteiger partial charge is 0.313 e. The van der Waals surface area contributed by atoms with E-state index in [0.717, 1.165) is 25.9 Å². The Morgan fingerprint density at radius 3 is 2.23 bits per heavy atom. The number of carbonyl (C=O) groups is 3. The molecule has 7 nitrogen and oxygen atoms in total. The fraction of sp³-hybridized carbons (Fsp3) is 0.375. The molecule has 1 aliphatic rings. The van der Waals surface area contributed by atoms with Crippen LogP contribution in [0.3, 0.4) is 0 Å². The summed E-state index contributed by atoms with van der Waals surface area (Å²) in [6, 6.07) is 15.3. The summed E-state index contributed by atoms with van der Waals surface area (Å²) >= 11 is 0. The molecule has 31 heavy (non-hydrogen) atoms. The maximum Gasteiger partial charge on any atom is 0.313 e. The summed E-state index contributed by atoms with van der Waals surface area (Å²) in [5.74, 6) is -1.61. The van der Waals surface area contributed by atoms with Crippen molar-refractivity contribution in [3.05, 3.63) is 54.1 Å². The molecule has 1 saturated heterocycles. The summed E-state index contributed by atoms with van der Waals surface area (Å²) in [6.07, 6.45) is 5.42. The van der Waals surface area contributed by atoms with Gasteiger partial charge in [-0.1, -0.05) is 18.2 Å².